The van der Waals surface area contributed by atoms with Crippen LogP contribution in [0.3, 0.4) is 0 Å². The topological polar surface area (TPSA) is 121 Å². The third-order valence-electron chi connectivity index (χ3n) is 7.08. The zero-order chi connectivity index (χ0) is 26.0. The van der Waals surface area contributed by atoms with Crippen molar-refractivity contribution < 1.29 is 9.53 Å². The highest BCUT2D eigenvalue weighted by molar-refractivity contribution is 7.99. The predicted octanol–water partition coefficient (Wildman–Crippen LogP) is 4.54. The number of carbonyl (C=O) groups is 1. The number of ether oxygens (including phenoxy) is 1. The first-order valence-corrected chi connectivity index (χ1v) is 14.4. The number of unbranched alkanes of at least 4 members (excludes halogenated alkanes) is 1. The number of aromatic nitrogens is 3. The number of nitrogens with zero attached hydrogens (tertiary/aromatic N) is 3. The van der Waals surface area contributed by atoms with Gasteiger partial charge in [0.15, 0.2) is 5.16 Å². The van der Waals surface area contributed by atoms with E-state index < -0.39 is 0 Å². The smallest absolute Gasteiger partial charge is 0.220 e. The molecule has 0 saturated carbocycles. The highest BCUT2D eigenvalue weighted by Gasteiger charge is 2.18. The van der Waals surface area contributed by atoms with Gasteiger partial charge in [0.2, 0.25) is 5.91 Å². The minimum Gasteiger partial charge on any atom is -0.501 e. The van der Waals surface area contributed by atoms with Crippen molar-refractivity contribution >= 4 is 23.4 Å². The molecule has 200 valence electrons. The van der Waals surface area contributed by atoms with Gasteiger partial charge in [0.1, 0.15) is 5.82 Å². The molecule has 2 aliphatic rings. The number of rotatable bonds is 12. The molecule has 8 nitrogen and oxygen atoms in total. The minimum absolute atomic E-state index is 0.119. The van der Waals surface area contributed by atoms with Gasteiger partial charge in [0.05, 0.1) is 18.6 Å². The lowest BCUT2D eigenvalue weighted by molar-refractivity contribution is -0.121. The first-order chi connectivity index (χ1) is 18.0. The maximum absolute atomic E-state index is 12.4. The first kappa shape index (κ1) is 27.3. The molecule has 0 radical (unpaired) electrons. The number of thioether (sulfide) groups is 1. The maximum Gasteiger partial charge on any atom is 0.220 e. The van der Waals surface area contributed by atoms with Gasteiger partial charge in [-0.25, -0.2) is 0 Å². The number of anilines is 1. The Kier molecular flexibility index (Phi) is 10.1. The van der Waals surface area contributed by atoms with Crippen LogP contribution >= 0.6 is 11.8 Å². The summed E-state index contributed by atoms with van der Waals surface area (Å²) in [6, 6.07) is 7.98. The number of nitrogens with two attached hydrogens (primary N) is 2. The lowest BCUT2D eigenvalue weighted by Crippen LogP contribution is -2.29. The molecule has 2 aliphatic carbocycles. The Morgan fingerprint density at radius 2 is 2.14 bits per heavy atom. The van der Waals surface area contributed by atoms with Crippen LogP contribution in [0, 0.1) is 5.92 Å². The molecule has 0 saturated heterocycles. The predicted molar refractivity (Wildman–Crippen MR) is 149 cm³/mol. The zero-order valence-electron chi connectivity index (χ0n) is 21.8. The zero-order valence-corrected chi connectivity index (χ0v) is 22.6. The fraction of sp³-hybridized carbons (Fsp3) is 0.536. The standard InChI is InChI=1S/C28H40N6O2S/c1-36-25-14-12-20(13-15-25)18-31-27(35)11-3-2-10-26-32-33-28(34(26)24-9-5-8-23(30)17-24)37-19-21-6-4-7-22(29)16-21/h5,8-9,14,16-17,20,22H,2-4,6-7,10-13,15,18-19,29-30H2,1H3,(H,31,35). The second kappa shape index (κ2) is 13.7. The lowest BCUT2D eigenvalue weighted by atomic mass is 9.93. The molecule has 5 N–H and O–H groups in total. The number of hydrogen-bond donors (Lipinski definition) is 3. The molecule has 9 heteroatoms. The lowest BCUT2D eigenvalue weighted by Gasteiger charge is -2.21. The number of amides is 1. The number of benzene rings is 1. The molecule has 1 amide bonds. The van der Waals surface area contributed by atoms with Gasteiger partial charge < -0.3 is 21.5 Å². The Balaban J connectivity index is 1.30. The molecular weight excluding hydrogens is 484 g/mol. The van der Waals surface area contributed by atoms with Crippen molar-refractivity contribution in [1.82, 2.24) is 20.1 Å². The van der Waals surface area contributed by atoms with Crippen molar-refractivity contribution in [1.29, 1.82) is 0 Å². The van der Waals surface area contributed by atoms with Crippen molar-refractivity contribution in [2.75, 3.05) is 25.1 Å². The van der Waals surface area contributed by atoms with Crippen LogP contribution in [-0.4, -0.2) is 46.1 Å². The third kappa shape index (κ3) is 8.10. The van der Waals surface area contributed by atoms with Crippen LogP contribution in [0.1, 0.15) is 63.6 Å². The van der Waals surface area contributed by atoms with Gasteiger partial charge in [0, 0.05) is 43.3 Å². The van der Waals surface area contributed by atoms with Gasteiger partial charge in [-0.2, -0.15) is 0 Å². The quantitative estimate of drug-likeness (QED) is 0.161. The molecule has 4 rings (SSSR count). The molecular formula is C28H40N6O2S. The number of carbonyl (C=O) groups excluding carboxylic acids is 1. The van der Waals surface area contributed by atoms with Gasteiger partial charge in [0.25, 0.3) is 0 Å². The average molecular weight is 525 g/mol. The minimum atomic E-state index is 0.119. The van der Waals surface area contributed by atoms with Crippen LogP contribution in [0.25, 0.3) is 5.69 Å². The van der Waals surface area contributed by atoms with E-state index in [1.165, 1.54) is 5.57 Å². The Labute approximate surface area is 224 Å². The van der Waals surface area contributed by atoms with Gasteiger partial charge in [-0.1, -0.05) is 29.5 Å². The summed E-state index contributed by atoms with van der Waals surface area (Å²) in [5.74, 6) is 3.43. The highest BCUT2D eigenvalue weighted by Crippen LogP contribution is 2.28. The fourth-order valence-corrected chi connectivity index (χ4v) is 5.93. The van der Waals surface area contributed by atoms with E-state index in [0.29, 0.717) is 18.0 Å². The average Bonchev–Trinajstić information content (AvgIpc) is 3.32. The van der Waals surface area contributed by atoms with E-state index >= 15 is 0 Å². The van der Waals surface area contributed by atoms with Crippen LogP contribution in [0.15, 0.2) is 52.9 Å². The third-order valence-corrected chi connectivity index (χ3v) is 8.12. The van der Waals surface area contributed by atoms with Crippen molar-refractivity contribution in [3.8, 4) is 5.69 Å². The molecule has 0 spiro atoms. The number of aryl methyl sites for hydroxylation is 1. The van der Waals surface area contributed by atoms with Crippen molar-refractivity contribution in [2.24, 2.45) is 11.7 Å². The van der Waals surface area contributed by atoms with Crippen LogP contribution < -0.4 is 16.8 Å². The summed E-state index contributed by atoms with van der Waals surface area (Å²) in [6.45, 7) is 0.734. The normalized spacial score (nSPS) is 19.7. The number of allylic oxidation sites excluding steroid dienone is 2. The number of methoxy groups -OCH3 is 1. The molecule has 1 aromatic carbocycles. The van der Waals surface area contributed by atoms with Crippen molar-refractivity contribution in [2.45, 2.75) is 75.4 Å². The number of nitrogen functional groups attached to an aromatic ring is 1. The van der Waals surface area contributed by atoms with Gasteiger partial charge in [-0.3, -0.25) is 9.36 Å². The second-order valence-electron chi connectivity index (χ2n) is 10.0. The van der Waals surface area contributed by atoms with Crippen molar-refractivity contribution in [3.05, 3.63) is 53.6 Å². The molecule has 2 atom stereocenters. The fourth-order valence-electron chi connectivity index (χ4n) is 4.94. The monoisotopic (exact) mass is 524 g/mol. The molecule has 2 aromatic rings. The van der Waals surface area contributed by atoms with Crippen LogP contribution in [-0.2, 0) is 16.0 Å². The largest absolute Gasteiger partial charge is 0.501 e. The van der Waals surface area contributed by atoms with Gasteiger partial charge >= 0.3 is 0 Å². The number of hydrogen-bond acceptors (Lipinski definition) is 7. The summed E-state index contributed by atoms with van der Waals surface area (Å²) >= 11 is 1.69. The summed E-state index contributed by atoms with van der Waals surface area (Å²) in [4.78, 5) is 12.4. The van der Waals surface area contributed by atoms with Crippen molar-refractivity contribution in [3.63, 3.8) is 0 Å². The Hall–Kier alpha value is -2.78. The van der Waals surface area contributed by atoms with E-state index in [1.807, 2.05) is 24.3 Å². The Bertz CT molecular complexity index is 1110. The first-order valence-electron chi connectivity index (χ1n) is 13.4. The molecule has 1 heterocycles. The molecule has 37 heavy (non-hydrogen) atoms. The Morgan fingerprint density at radius 1 is 1.24 bits per heavy atom. The van der Waals surface area contributed by atoms with E-state index in [9.17, 15) is 4.79 Å². The van der Waals surface area contributed by atoms with Gasteiger partial charge in [-0.15, -0.1) is 10.2 Å². The summed E-state index contributed by atoms with van der Waals surface area (Å²) in [5, 5.41) is 13.0. The van der Waals surface area contributed by atoms with Gasteiger partial charge in [-0.05, 0) is 75.1 Å². The molecule has 2 unspecified atom stereocenters. The van der Waals surface area contributed by atoms with E-state index in [0.717, 1.165) is 92.5 Å². The van der Waals surface area contributed by atoms with Crippen LogP contribution in [0.2, 0.25) is 0 Å². The summed E-state index contributed by atoms with van der Waals surface area (Å²) in [6.07, 6.45) is 13.6. The maximum atomic E-state index is 12.4. The molecule has 0 aliphatic heterocycles. The van der Waals surface area contributed by atoms with E-state index in [2.05, 4.69) is 32.2 Å². The summed E-state index contributed by atoms with van der Waals surface area (Å²) in [7, 11) is 1.72. The highest BCUT2D eigenvalue weighted by atomic mass is 32.2. The molecule has 0 bridgehead atoms. The SMILES string of the molecule is COC1=CCC(CNC(=O)CCCCc2nnc(SCC3=CC(N)CCC3)n2-c2cccc(N)c2)CC1. The summed E-state index contributed by atoms with van der Waals surface area (Å²) < 4.78 is 7.41. The second-order valence-corrected chi connectivity index (χ2v) is 11.0. The molecule has 0 fully saturated rings. The van der Waals surface area contributed by atoms with Crippen LogP contribution in [0.4, 0.5) is 5.69 Å². The molecule has 1 aromatic heterocycles. The summed E-state index contributed by atoms with van der Waals surface area (Å²) in [5.41, 5.74) is 15.3. The van der Waals surface area contributed by atoms with E-state index in [4.69, 9.17) is 16.2 Å². The van der Waals surface area contributed by atoms with E-state index in [1.54, 1.807) is 18.9 Å². The number of nitrogens with one attached hydrogen (secondary N) is 1. The van der Waals surface area contributed by atoms with E-state index in [-0.39, 0.29) is 11.9 Å². The Morgan fingerprint density at radius 3 is 2.89 bits per heavy atom. The van der Waals surface area contributed by atoms with Crippen LogP contribution in [0.5, 0.6) is 0 Å².